The molecule has 0 spiro atoms. The summed E-state index contributed by atoms with van der Waals surface area (Å²) in [5.74, 6) is 0.163. The van der Waals surface area contributed by atoms with Crippen LogP contribution in [0.3, 0.4) is 0 Å². The maximum atomic E-state index is 12.6. The van der Waals surface area contributed by atoms with Crippen LogP contribution < -0.4 is 10.6 Å². The highest BCUT2D eigenvalue weighted by atomic mass is 16.6. The molecule has 0 saturated carbocycles. The number of nitrogens with one attached hydrogen (secondary N) is 2. The minimum Gasteiger partial charge on any atom is -0.387 e. The molecule has 10 heteroatoms. The van der Waals surface area contributed by atoms with Crippen molar-refractivity contribution in [2.24, 2.45) is 0 Å². The molecule has 3 rings (SSSR count). The lowest BCUT2D eigenvalue weighted by Gasteiger charge is -2.19. The van der Waals surface area contributed by atoms with Gasteiger partial charge in [0.25, 0.3) is 5.91 Å². The number of ether oxygens (including phenoxy) is 1. The molecule has 4 atom stereocenters. The van der Waals surface area contributed by atoms with Gasteiger partial charge in [-0.2, -0.15) is 0 Å². The molecule has 10 nitrogen and oxygen atoms in total. The SMILES string of the molecule is CCC(CC)NC(=O)C1OC(n2cnc3c(NC(CC)CC)ncnc32)C(O)C1O. The van der Waals surface area contributed by atoms with Gasteiger partial charge in [0.05, 0.1) is 6.33 Å². The summed E-state index contributed by atoms with van der Waals surface area (Å²) >= 11 is 0. The first-order valence-electron chi connectivity index (χ1n) is 10.7. The van der Waals surface area contributed by atoms with Gasteiger partial charge in [0.2, 0.25) is 0 Å². The number of fused-ring (bicyclic) bond motifs is 1. The van der Waals surface area contributed by atoms with Gasteiger partial charge in [-0.25, -0.2) is 15.0 Å². The van der Waals surface area contributed by atoms with Crippen molar-refractivity contribution in [1.82, 2.24) is 24.8 Å². The average molecular weight is 421 g/mol. The molecule has 0 aliphatic carbocycles. The number of aliphatic hydroxyl groups is 2. The fraction of sp³-hybridized carbons (Fsp3) is 0.700. The Morgan fingerprint density at radius 3 is 2.37 bits per heavy atom. The molecule has 0 aromatic carbocycles. The van der Waals surface area contributed by atoms with E-state index in [1.807, 2.05) is 13.8 Å². The Morgan fingerprint density at radius 1 is 1.07 bits per heavy atom. The van der Waals surface area contributed by atoms with Crippen molar-refractivity contribution < 1.29 is 19.7 Å². The van der Waals surface area contributed by atoms with E-state index in [0.29, 0.717) is 17.0 Å². The molecule has 166 valence electrons. The highest BCUT2D eigenvalue weighted by molar-refractivity contribution is 5.83. The zero-order valence-electron chi connectivity index (χ0n) is 17.9. The van der Waals surface area contributed by atoms with E-state index < -0.39 is 30.4 Å². The summed E-state index contributed by atoms with van der Waals surface area (Å²) in [7, 11) is 0. The second-order valence-corrected chi connectivity index (χ2v) is 7.65. The van der Waals surface area contributed by atoms with Crippen LogP contribution in [0.15, 0.2) is 12.7 Å². The van der Waals surface area contributed by atoms with E-state index in [2.05, 4.69) is 39.4 Å². The number of rotatable bonds is 9. The molecule has 1 amide bonds. The number of aliphatic hydroxyl groups excluding tert-OH is 2. The number of aromatic nitrogens is 4. The summed E-state index contributed by atoms with van der Waals surface area (Å²) in [6, 6.07) is 0.242. The van der Waals surface area contributed by atoms with Crippen molar-refractivity contribution in [3.63, 3.8) is 0 Å². The van der Waals surface area contributed by atoms with Gasteiger partial charge in [-0.3, -0.25) is 9.36 Å². The minimum atomic E-state index is -1.36. The van der Waals surface area contributed by atoms with Crippen molar-refractivity contribution in [2.75, 3.05) is 5.32 Å². The molecule has 4 N–H and O–H groups in total. The highest BCUT2D eigenvalue weighted by Crippen LogP contribution is 2.32. The molecule has 2 aromatic heterocycles. The van der Waals surface area contributed by atoms with Crippen LogP contribution in [0.4, 0.5) is 5.82 Å². The third-order valence-corrected chi connectivity index (χ3v) is 5.79. The smallest absolute Gasteiger partial charge is 0.252 e. The van der Waals surface area contributed by atoms with Crippen molar-refractivity contribution in [3.05, 3.63) is 12.7 Å². The maximum absolute atomic E-state index is 12.6. The number of nitrogens with zero attached hydrogens (tertiary/aromatic N) is 4. The van der Waals surface area contributed by atoms with Crippen LogP contribution in [0.5, 0.6) is 0 Å². The standard InChI is InChI=1S/C20H32N6O4/c1-5-11(6-2)24-17-13-18(22-9-21-17)26(10-23-13)20-15(28)14(27)16(30-20)19(29)25-12(7-3)8-4/h9-12,14-16,20,27-28H,5-8H2,1-4H3,(H,25,29)(H,21,22,24). The number of imidazole rings is 1. The molecule has 1 saturated heterocycles. The lowest BCUT2D eigenvalue weighted by atomic mass is 10.1. The van der Waals surface area contributed by atoms with Crippen LogP contribution in [-0.4, -0.2) is 66.0 Å². The molecule has 1 fully saturated rings. The number of carbonyl (C=O) groups is 1. The van der Waals surface area contributed by atoms with Crippen molar-refractivity contribution in [1.29, 1.82) is 0 Å². The Morgan fingerprint density at radius 2 is 1.73 bits per heavy atom. The number of anilines is 1. The Balaban J connectivity index is 1.84. The molecule has 4 unspecified atom stereocenters. The predicted molar refractivity (Wildman–Crippen MR) is 112 cm³/mol. The zero-order chi connectivity index (χ0) is 21.8. The van der Waals surface area contributed by atoms with Gasteiger partial charge >= 0.3 is 0 Å². The zero-order valence-corrected chi connectivity index (χ0v) is 17.9. The van der Waals surface area contributed by atoms with Gasteiger partial charge in [0.15, 0.2) is 29.3 Å². The predicted octanol–water partition coefficient (Wildman–Crippen LogP) is 1.35. The first-order valence-corrected chi connectivity index (χ1v) is 10.7. The molecule has 1 aliphatic heterocycles. The number of carbonyl (C=O) groups excluding carboxylic acids is 1. The summed E-state index contributed by atoms with van der Waals surface area (Å²) in [5, 5.41) is 27.3. The normalized spacial score (nSPS) is 24.1. The van der Waals surface area contributed by atoms with E-state index >= 15 is 0 Å². The van der Waals surface area contributed by atoms with E-state index in [1.165, 1.54) is 17.2 Å². The van der Waals surface area contributed by atoms with E-state index in [9.17, 15) is 15.0 Å². The van der Waals surface area contributed by atoms with Crippen LogP contribution >= 0.6 is 0 Å². The topological polar surface area (TPSA) is 134 Å². The lowest BCUT2D eigenvalue weighted by Crippen LogP contribution is -2.46. The van der Waals surface area contributed by atoms with Crippen LogP contribution in [0, 0.1) is 0 Å². The van der Waals surface area contributed by atoms with Crippen LogP contribution in [0.2, 0.25) is 0 Å². The summed E-state index contributed by atoms with van der Waals surface area (Å²) in [6.45, 7) is 8.13. The maximum Gasteiger partial charge on any atom is 0.252 e. The van der Waals surface area contributed by atoms with Gasteiger partial charge < -0.3 is 25.6 Å². The summed E-state index contributed by atoms with van der Waals surface area (Å²) in [6.07, 6.45) is 1.50. The van der Waals surface area contributed by atoms with E-state index in [0.717, 1.165) is 25.7 Å². The van der Waals surface area contributed by atoms with E-state index in [-0.39, 0.29) is 12.1 Å². The molecule has 3 heterocycles. The van der Waals surface area contributed by atoms with Crippen molar-refractivity contribution in [2.45, 2.75) is 90.0 Å². The van der Waals surface area contributed by atoms with Crippen molar-refractivity contribution >= 4 is 22.9 Å². The average Bonchev–Trinajstić information content (AvgIpc) is 3.31. The Bertz CT molecular complexity index is 851. The summed E-state index contributed by atoms with van der Waals surface area (Å²) in [4.78, 5) is 25.6. The number of hydrogen-bond donors (Lipinski definition) is 4. The summed E-state index contributed by atoms with van der Waals surface area (Å²) < 4.78 is 7.32. The molecule has 2 aromatic rings. The molecular formula is C20H32N6O4. The van der Waals surface area contributed by atoms with E-state index in [4.69, 9.17) is 4.74 Å². The van der Waals surface area contributed by atoms with Crippen LogP contribution in [0.25, 0.3) is 11.2 Å². The van der Waals surface area contributed by atoms with Crippen molar-refractivity contribution in [3.8, 4) is 0 Å². The monoisotopic (exact) mass is 420 g/mol. The molecule has 0 bridgehead atoms. The van der Waals surface area contributed by atoms with Crippen LogP contribution in [-0.2, 0) is 9.53 Å². The highest BCUT2D eigenvalue weighted by Gasteiger charge is 2.48. The third-order valence-electron chi connectivity index (χ3n) is 5.79. The minimum absolute atomic E-state index is 0.00924. The first kappa shape index (κ1) is 22.4. The quantitative estimate of drug-likeness (QED) is 0.478. The largest absolute Gasteiger partial charge is 0.387 e. The molecular weight excluding hydrogens is 388 g/mol. The Kier molecular flexibility index (Phi) is 7.22. The molecule has 0 radical (unpaired) electrons. The Hall–Kier alpha value is -2.30. The summed E-state index contributed by atoms with van der Waals surface area (Å²) in [5.41, 5.74) is 0.996. The lowest BCUT2D eigenvalue weighted by molar-refractivity contribution is -0.138. The van der Waals surface area contributed by atoms with Gasteiger partial charge in [-0.1, -0.05) is 27.7 Å². The first-order chi connectivity index (χ1) is 14.4. The second kappa shape index (κ2) is 9.67. The third kappa shape index (κ3) is 4.26. The number of amides is 1. The van der Waals surface area contributed by atoms with E-state index in [1.54, 1.807) is 0 Å². The fourth-order valence-corrected chi connectivity index (χ4v) is 3.71. The Labute approximate surface area is 176 Å². The number of hydrogen-bond acceptors (Lipinski definition) is 8. The van der Waals surface area contributed by atoms with Crippen LogP contribution in [0.1, 0.15) is 59.6 Å². The van der Waals surface area contributed by atoms with Gasteiger partial charge in [0, 0.05) is 12.1 Å². The fourth-order valence-electron chi connectivity index (χ4n) is 3.71. The second-order valence-electron chi connectivity index (χ2n) is 7.65. The van der Waals surface area contributed by atoms with Gasteiger partial charge in [0.1, 0.15) is 18.5 Å². The van der Waals surface area contributed by atoms with Gasteiger partial charge in [-0.05, 0) is 25.7 Å². The van der Waals surface area contributed by atoms with Gasteiger partial charge in [-0.15, -0.1) is 0 Å². The molecule has 1 aliphatic rings. The molecule has 30 heavy (non-hydrogen) atoms.